The summed E-state index contributed by atoms with van der Waals surface area (Å²) in [6.07, 6.45) is 0. The Morgan fingerprint density at radius 3 is 2.75 bits per heavy atom. The molecule has 0 amide bonds. The minimum absolute atomic E-state index is 0.0927. The standard InChI is InChI=1S/C10H13F2NO2S/c1-3-15-9(14)10(11,12)8(13)7-6(2)4-5-16-7/h4-5,8H,3,13H2,1-2H3/t8-/m1/s1. The van der Waals surface area contributed by atoms with Gasteiger partial charge in [-0.3, -0.25) is 0 Å². The van der Waals surface area contributed by atoms with Gasteiger partial charge in [-0.2, -0.15) is 8.78 Å². The molecule has 1 rings (SSSR count). The second-order valence-electron chi connectivity index (χ2n) is 3.29. The molecule has 0 saturated carbocycles. The molecular formula is C10H13F2NO2S. The van der Waals surface area contributed by atoms with Crippen LogP contribution in [-0.4, -0.2) is 18.5 Å². The van der Waals surface area contributed by atoms with Crippen molar-refractivity contribution in [1.29, 1.82) is 0 Å². The van der Waals surface area contributed by atoms with Crippen LogP contribution in [0.1, 0.15) is 23.4 Å². The van der Waals surface area contributed by atoms with Crippen LogP contribution in [0.5, 0.6) is 0 Å². The van der Waals surface area contributed by atoms with E-state index in [2.05, 4.69) is 4.74 Å². The first-order valence-electron chi connectivity index (χ1n) is 4.75. The van der Waals surface area contributed by atoms with Crippen LogP contribution in [0.25, 0.3) is 0 Å². The van der Waals surface area contributed by atoms with Gasteiger partial charge >= 0.3 is 11.9 Å². The van der Waals surface area contributed by atoms with Gasteiger partial charge < -0.3 is 10.5 Å². The third-order valence-electron chi connectivity index (χ3n) is 2.12. The van der Waals surface area contributed by atoms with Crippen molar-refractivity contribution in [2.75, 3.05) is 6.61 Å². The molecule has 0 aromatic carbocycles. The van der Waals surface area contributed by atoms with Crippen LogP contribution in [0.2, 0.25) is 0 Å². The summed E-state index contributed by atoms with van der Waals surface area (Å²) >= 11 is 1.11. The van der Waals surface area contributed by atoms with Crippen LogP contribution in [0.3, 0.4) is 0 Å². The van der Waals surface area contributed by atoms with E-state index in [1.165, 1.54) is 6.92 Å². The number of carbonyl (C=O) groups is 1. The summed E-state index contributed by atoms with van der Waals surface area (Å²) in [4.78, 5) is 11.4. The molecule has 0 aliphatic carbocycles. The number of nitrogens with two attached hydrogens (primary N) is 1. The molecule has 90 valence electrons. The maximum atomic E-state index is 13.5. The summed E-state index contributed by atoms with van der Waals surface area (Å²) in [5.74, 6) is -5.26. The van der Waals surface area contributed by atoms with E-state index in [4.69, 9.17) is 5.73 Å². The van der Waals surface area contributed by atoms with E-state index in [1.54, 1.807) is 18.4 Å². The van der Waals surface area contributed by atoms with Gasteiger partial charge in [0.15, 0.2) is 0 Å². The number of rotatable bonds is 4. The van der Waals surface area contributed by atoms with E-state index in [1.807, 2.05) is 0 Å². The molecule has 0 fully saturated rings. The second-order valence-corrected chi connectivity index (χ2v) is 4.24. The third kappa shape index (κ3) is 2.38. The van der Waals surface area contributed by atoms with Gasteiger partial charge in [0.2, 0.25) is 0 Å². The van der Waals surface area contributed by atoms with Crippen molar-refractivity contribution < 1.29 is 18.3 Å². The highest BCUT2D eigenvalue weighted by molar-refractivity contribution is 7.10. The molecule has 0 saturated heterocycles. The van der Waals surface area contributed by atoms with E-state index in [0.29, 0.717) is 10.4 Å². The molecule has 0 aliphatic rings. The highest BCUT2D eigenvalue weighted by atomic mass is 32.1. The molecule has 1 heterocycles. The highest BCUT2D eigenvalue weighted by Crippen LogP contribution is 2.34. The van der Waals surface area contributed by atoms with Gasteiger partial charge in [-0.1, -0.05) is 0 Å². The molecule has 1 atom stereocenters. The minimum atomic E-state index is -3.69. The lowest BCUT2D eigenvalue weighted by Crippen LogP contribution is -2.41. The van der Waals surface area contributed by atoms with Crippen molar-refractivity contribution in [3.05, 3.63) is 21.9 Å². The first-order chi connectivity index (χ1) is 7.41. The number of esters is 1. The van der Waals surface area contributed by atoms with Crippen molar-refractivity contribution in [1.82, 2.24) is 0 Å². The molecule has 3 nitrogen and oxygen atoms in total. The number of thiophene rings is 1. The predicted molar refractivity (Wildman–Crippen MR) is 57.6 cm³/mol. The van der Waals surface area contributed by atoms with Crippen LogP contribution < -0.4 is 5.73 Å². The molecular weight excluding hydrogens is 236 g/mol. The Labute approximate surface area is 96.2 Å². The number of hydrogen-bond acceptors (Lipinski definition) is 4. The van der Waals surface area contributed by atoms with E-state index < -0.39 is 17.9 Å². The normalized spacial score (nSPS) is 13.6. The molecule has 0 unspecified atom stereocenters. The number of hydrogen-bond donors (Lipinski definition) is 1. The average Bonchev–Trinajstić information content (AvgIpc) is 2.63. The molecule has 0 spiro atoms. The van der Waals surface area contributed by atoms with E-state index in [-0.39, 0.29) is 6.61 Å². The fourth-order valence-electron chi connectivity index (χ4n) is 1.22. The molecule has 2 N–H and O–H groups in total. The van der Waals surface area contributed by atoms with Gasteiger partial charge in [-0.25, -0.2) is 4.79 Å². The van der Waals surface area contributed by atoms with Crippen molar-refractivity contribution in [3.8, 4) is 0 Å². The SMILES string of the molecule is CCOC(=O)C(F)(F)[C@H](N)c1sccc1C. The Morgan fingerprint density at radius 2 is 2.31 bits per heavy atom. The summed E-state index contributed by atoms with van der Waals surface area (Å²) in [5.41, 5.74) is 6.06. The Bertz CT molecular complexity index is 379. The Morgan fingerprint density at radius 1 is 1.69 bits per heavy atom. The van der Waals surface area contributed by atoms with E-state index >= 15 is 0 Å². The first kappa shape index (κ1) is 13.1. The van der Waals surface area contributed by atoms with Crippen LogP contribution in [0.15, 0.2) is 11.4 Å². The van der Waals surface area contributed by atoms with Gasteiger partial charge in [-0.05, 0) is 30.9 Å². The second kappa shape index (κ2) is 4.88. The lowest BCUT2D eigenvalue weighted by molar-refractivity contribution is -0.174. The van der Waals surface area contributed by atoms with Crippen LogP contribution in [0.4, 0.5) is 8.78 Å². The van der Waals surface area contributed by atoms with Gasteiger partial charge in [0.25, 0.3) is 0 Å². The molecule has 0 aliphatic heterocycles. The maximum Gasteiger partial charge on any atom is 0.379 e. The monoisotopic (exact) mass is 249 g/mol. The Hall–Kier alpha value is -1.01. The summed E-state index contributed by atoms with van der Waals surface area (Å²) in [6.45, 7) is 3.05. The molecule has 0 radical (unpaired) electrons. The summed E-state index contributed by atoms with van der Waals surface area (Å²) in [5, 5.41) is 1.66. The van der Waals surface area contributed by atoms with Crippen molar-refractivity contribution >= 4 is 17.3 Å². The fraction of sp³-hybridized carbons (Fsp3) is 0.500. The summed E-state index contributed by atoms with van der Waals surface area (Å²) in [7, 11) is 0. The van der Waals surface area contributed by atoms with Crippen molar-refractivity contribution in [2.24, 2.45) is 5.73 Å². The smallest absolute Gasteiger partial charge is 0.379 e. The molecule has 0 bridgehead atoms. The lowest BCUT2D eigenvalue weighted by Gasteiger charge is -2.21. The van der Waals surface area contributed by atoms with Crippen molar-refractivity contribution in [3.63, 3.8) is 0 Å². The largest absolute Gasteiger partial charge is 0.462 e. The van der Waals surface area contributed by atoms with Crippen molar-refractivity contribution in [2.45, 2.75) is 25.8 Å². The Kier molecular flexibility index (Phi) is 3.98. The molecule has 6 heteroatoms. The first-order valence-corrected chi connectivity index (χ1v) is 5.63. The zero-order chi connectivity index (χ0) is 12.3. The van der Waals surface area contributed by atoms with E-state index in [9.17, 15) is 13.6 Å². The fourth-order valence-corrected chi connectivity index (χ4v) is 2.19. The minimum Gasteiger partial charge on any atom is -0.462 e. The van der Waals surface area contributed by atoms with Gasteiger partial charge in [0, 0.05) is 4.88 Å². The van der Waals surface area contributed by atoms with E-state index in [0.717, 1.165) is 11.3 Å². The number of ether oxygens (including phenoxy) is 1. The molecule has 1 aromatic heterocycles. The van der Waals surface area contributed by atoms with Crippen LogP contribution >= 0.6 is 11.3 Å². The lowest BCUT2D eigenvalue weighted by atomic mass is 10.1. The van der Waals surface area contributed by atoms with Crippen LogP contribution in [-0.2, 0) is 9.53 Å². The third-order valence-corrected chi connectivity index (χ3v) is 3.22. The molecule has 1 aromatic rings. The zero-order valence-corrected chi connectivity index (χ0v) is 9.81. The Balaban J connectivity index is 2.92. The zero-order valence-electron chi connectivity index (χ0n) is 9.00. The predicted octanol–water partition coefficient (Wildman–Crippen LogP) is 2.25. The maximum absolute atomic E-state index is 13.5. The average molecular weight is 249 g/mol. The number of carbonyl (C=O) groups excluding carboxylic acids is 1. The van der Waals surface area contributed by atoms with Crippen LogP contribution in [0, 0.1) is 6.92 Å². The number of halogens is 2. The quantitative estimate of drug-likeness (QED) is 0.833. The van der Waals surface area contributed by atoms with Gasteiger partial charge in [0.1, 0.15) is 6.04 Å². The van der Waals surface area contributed by atoms with Gasteiger partial charge in [0.05, 0.1) is 6.61 Å². The van der Waals surface area contributed by atoms with Gasteiger partial charge in [-0.15, -0.1) is 11.3 Å². The molecule has 16 heavy (non-hydrogen) atoms. The topological polar surface area (TPSA) is 52.3 Å². The highest BCUT2D eigenvalue weighted by Gasteiger charge is 2.48. The summed E-state index contributed by atoms with van der Waals surface area (Å²) in [6, 6.07) is 0.0349. The number of alkyl halides is 2. The number of aryl methyl sites for hydroxylation is 1. The summed E-state index contributed by atoms with van der Waals surface area (Å²) < 4.78 is 31.4.